The summed E-state index contributed by atoms with van der Waals surface area (Å²) >= 11 is 0. The number of nitrogens with one attached hydrogen (secondary N) is 3. The van der Waals surface area contributed by atoms with Gasteiger partial charge in [-0.1, -0.05) is 18.9 Å². The molecule has 1 saturated carbocycles. The first-order valence-corrected chi connectivity index (χ1v) is 20.1. The largest absolute Gasteiger partial charge is 0.495 e. The van der Waals surface area contributed by atoms with Crippen molar-refractivity contribution in [1.82, 2.24) is 30.4 Å². The zero-order chi connectivity index (χ0) is 42.3. The van der Waals surface area contributed by atoms with E-state index in [1.54, 1.807) is 30.3 Å². The lowest BCUT2D eigenvalue weighted by Crippen LogP contribution is -2.54. The first-order chi connectivity index (χ1) is 28.8. The number of aromatic nitrogens is 2. The van der Waals surface area contributed by atoms with Crippen molar-refractivity contribution in [2.75, 3.05) is 62.1 Å². The van der Waals surface area contributed by atoms with E-state index in [4.69, 9.17) is 9.47 Å². The van der Waals surface area contributed by atoms with Crippen LogP contribution in [0.2, 0.25) is 0 Å². The summed E-state index contributed by atoms with van der Waals surface area (Å²) in [5, 5.41) is 8.39. The monoisotopic (exact) mass is 829 g/mol. The van der Waals surface area contributed by atoms with Gasteiger partial charge in [0.2, 0.25) is 17.8 Å². The predicted molar refractivity (Wildman–Crippen MR) is 212 cm³/mol. The molecule has 3 N–H and O–H groups in total. The minimum Gasteiger partial charge on any atom is -0.495 e. The van der Waals surface area contributed by atoms with Crippen LogP contribution in [-0.2, 0) is 14.4 Å². The smallest absolute Gasteiger partial charge is 0.342 e. The molecule has 2 saturated heterocycles. The van der Waals surface area contributed by atoms with E-state index in [1.807, 2.05) is 0 Å². The van der Waals surface area contributed by atoms with Crippen LogP contribution < -0.4 is 35.2 Å². The van der Waals surface area contributed by atoms with Gasteiger partial charge in [-0.25, -0.2) is 4.98 Å². The molecule has 1 unspecified atom stereocenters. The van der Waals surface area contributed by atoms with E-state index in [1.165, 1.54) is 31.3 Å². The molecule has 4 aliphatic heterocycles. The van der Waals surface area contributed by atoms with Crippen LogP contribution in [0.1, 0.15) is 82.4 Å². The Morgan fingerprint density at radius 3 is 2.48 bits per heavy atom. The quantitative estimate of drug-likeness (QED) is 0.239. The Labute approximate surface area is 343 Å². The highest BCUT2D eigenvalue weighted by Gasteiger charge is 2.49. The number of rotatable bonds is 11. The number of benzene rings is 2. The topological polar surface area (TPSA) is 196 Å². The second-order valence-electron chi connectivity index (χ2n) is 15.6. The normalized spacial score (nSPS) is 21.1. The van der Waals surface area contributed by atoms with Gasteiger partial charge in [-0.2, -0.15) is 13.8 Å². The van der Waals surface area contributed by atoms with Crippen molar-refractivity contribution in [3.8, 4) is 11.5 Å². The molecular weight excluding hydrogens is 785 g/mol. The van der Waals surface area contributed by atoms with E-state index in [9.17, 15) is 28.8 Å². The molecule has 0 spiro atoms. The molecule has 1 atom stereocenters. The van der Waals surface area contributed by atoms with Gasteiger partial charge < -0.3 is 29.9 Å². The summed E-state index contributed by atoms with van der Waals surface area (Å²) < 4.78 is 41.7. The Morgan fingerprint density at radius 1 is 0.983 bits per heavy atom. The maximum absolute atomic E-state index is 15.0. The SMILES string of the molecule is COc1cc(C(=O)NC2CCN(CCOc3cccc4c3C(=O)N(C3CCC(=O)NC3=O)C4=O)CC2)ccc1Nc1ncc2c(n1)N(C1CCCC1)CC(F)(F)C(=O)N2C. The van der Waals surface area contributed by atoms with Gasteiger partial charge in [0.15, 0.2) is 5.82 Å². The maximum atomic E-state index is 15.0. The molecule has 1 aliphatic carbocycles. The number of hydrogen-bond donors (Lipinski definition) is 3. The fourth-order valence-corrected chi connectivity index (χ4v) is 8.62. The number of nitrogens with zero attached hydrogens (tertiary/aromatic N) is 6. The number of piperidine rings is 2. The Balaban J connectivity index is 0.849. The Hall–Kier alpha value is -6.24. The Kier molecular flexibility index (Phi) is 11.1. The highest BCUT2D eigenvalue weighted by atomic mass is 19.3. The number of alkyl halides is 2. The number of amides is 6. The van der Waals surface area contributed by atoms with Crippen LogP contribution in [0.4, 0.5) is 31.9 Å². The number of fused-ring (bicyclic) bond motifs is 2. The van der Waals surface area contributed by atoms with Crippen molar-refractivity contribution in [3.63, 3.8) is 0 Å². The van der Waals surface area contributed by atoms with Gasteiger partial charge in [0, 0.05) is 50.7 Å². The van der Waals surface area contributed by atoms with Crippen molar-refractivity contribution < 1.29 is 47.0 Å². The molecule has 0 bridgehead atoms. The number of hydrogen-bond acceptors (Lipinski definition) is 13. The summed E-state index contributed by atoms with van der Waals surface area (Å²) in [5.41, 5.74) is 1.26. The van der Waals surface area contributed by atoms with E-state index < -0.39 is 48.0 Å². The summed E-state index contributed by atoms with van der Waals surface area (Å²) in [6.45, 7) is 1.34. The number of imide groups is 2. The molecular formula is C41H45F2N9O8. The lowest BCUT2D eigenvalue weighted by molar-refractivity contribution is -0.140. The molecule has 3 fully saturated rings. The summed E-state index contributed by atoms with van der Waals surface area (Å²) in [7, 11) is 2.76. The Bertz CT molecular complexity index is 2240. The molecule has 17 nitrogen and oxygen atoms in total. The minimum absolute atomic E-state index is 0.0297. The molecule has 8 rings (SSSR count). The predicted octanol–water partition coefficient (Wildman–Crippen LogP) is 3.26. The fourth-order valence-electron chi connectivity index (χ4n) is 8.62. The summed E-state index contributed by atoms with van der Waals surface area (Å²) in [5.74, 6) is -6.60. The van der Waals surface area contributed by atoms with Crippen molar-refractivity contribution in [1.29, 1.82) is 0 Å². The van der Waals surface area contributed by atoms with Crippen molar-refractivity contribution >= 4 is 58.6 Å². The van der Waals surface area contributed by atoms with E-state index in [0.29, 0.717) is 62.3 Å². The van der Waals surface area contributed by atoms with Crippen molar-refractivity contribution in [3.05, 3.63) is 59.3 Å². The first kappa shape index (κ1) is 40.5. The third-order valence-corrected chi connectivity index (χ3v) is 11.9. The van der Waals surface area contributed by atoms with Crippen molar-refractivity contribution in [2.45, 2.75) is 75.4 Å². The first-order valence-electron chi connectivity index (χ1n) is 20.1. The van der Waals surface area contributed by atoms with Crippen LogP contribution in [0, 0.1) is 0 Å². The van der Waals surface area contributed by atoms with Crippen LogP contribution >= 0.6 is 0 Å². The molecule has 19 heteroatoms. The number of carbonyl (C=O) groups excluding carboxylic acids is 6. The Morgan fingerprint density at radius 2 is 1.75 bits per heavy atom. The number of anilines is 4. The average Bonchev–Trinajstić information content (AvgIpc) is 3.85. The molecule has 6 amide bonds. The van der Waals surface area contributed by atoms with Gasteiger partial charge in [-0.05, 0) is 62.4 Å². The lowest BCUT2D eigenvalue weighted by atomic mass is 10.0. The number of methoxy groups -OCH3 is 1. The van der Waals surface area contributed by atoms with E-state index in [-0.39, 0.29) is 71.8 Å². The summed E-state index contributed by atoms with van der Waals surface area (Å²) in [6.07, 6.45) is 6.04. The maximum Gasteiger partial charge on any atom is 0.342 e. The van der Waals surface area contributed by atoms with Crippen LogP contribution in [0.25, 0.3) is 0 Å². The number of likely N-dealkylation sites (tertiary alicyclic amines) is 1. The minimum atomic E-state index is -3.59. The van der Waals surface area contributed by atoms with Gasteiger partial charge in [0.1, 0.15) is 29.8 Å². The summed E-state index contributed by atoms with van der Waals surface area (Å²) in [6, 6.07) is 8.29. The molecule has 0 radical (unpaired) electrons. The van der Waals surface area contributed by atoms with Crippen LogP contribution in [0.3, 0.4) is 0 Å². The van der Waals surface area contributed by atoms with E-state index in [0.717, 1.165) is 22.6 Å². The van der Waals surface area contributed by atoms with Gasteiger partial charge >= 0.3 is 5.92 Å². The number of ether oxygens (including phenoxy) is 2. The summed E-state index contributed by atoms with van der Waals surface area (Å²) in [4.78, 5) is 91.1. The van der Waals surface area contributed by atoms with Gasteiger partial charge in [-0.3, -0.25) is 43.9 Å². The second-order valence-corrected chi connectivity index (χ2v) is 15.6. The standard InChI is InChI=1S/C41H45F2N9O8/c1-49-29-21-44-40(48-34(29)51(25-6-3-4-7-25)22-41(42,43)39(49)58)46-27-11-10-23(20-31(27)59-2)35(54)45-24-14-16-50(17-15-24)18-19-60-30-9-5-8-26-33(30)38(57)52(37(26)56)28-12-13-32(53)47-36(28)55/h5,8-11,20-21,24-25,28H,3-4,6-7,12-19,22H2,1-2H3,(H,45,54)(H,44,46,48)(H,47,53,55). The van der Waals surface area contributed by atoms with Crippen LogP contribution in [0.5, 0.6) is 11.5 Å². The zero-order valence-corrected chi connectivity index (χ0v) is 33.2. The molecule has 60 heavy (non-hydrogen) atoms. The lowest BCUT2D eigenvalue weighted by Gasteiger charge is -2.32. The van der Waals surface area contributed by atoms with Gasteiger partial charge in [0.25, 0.3) is 23.6 Å². The third kappa shape index (κ3) is 7.80. The van der Waals surface area contributed by atoms with E-state index in [2.05, 4.69) is 30.8 Å². The zero-order valence-electron chi connectivity index (χ0n) is 33.2. The molecule has 3 aromatic rings. The molecule has 316 valence electrons. The molecule has 5 heterocycles. The van der Waals surface area contributed by atoms with E-state index >= 15 is 8.78 Å². The van der Waals surface area contributed by atoms with Crippen LogP contribution in [-0.4, -0.2) is 126 Å². The highest BCUT2D eigenvalue weighted by molar-refractivity contribution is 6.24. The van der Waals surface area contributed by atoms with Gasteiger partial charge in [-0.15, -0.1) is 0 Å². The number of halogens is 2. The number of carbonyl (C=O) groups is 6. The molecule has 2 aromatic carbocycles. The average molecular weight is 830 g/mol. The molecule has 1 aromatic heterocycles. The van der Waals surface area contributed by atoms with Crippen LogP contribution in [0.15, 0.2) is 42.6 Å². The van der Waals surface area contributed by atoms with Crippen molar-refractivity contribution in [2.24, 2.45) is 0 Å². The second kappa shape index (κ2) is 16.4. The highest BCUT2D eigenvalue weighted by Crippen LogP contribution is 2.40. The fraction of sp³-hybridized carbons (Fsp3) is 0.463. The molecule has 5 aliphatic rings. The van der Waals surface area contributed by atoms with Gasteiger partial charge in [0.05, 0.1) is 36.7 Å². The third-order valence-electron chi connectivity index (χ3n) is 11.9.